The summed E-state index contributed by atoms with van der Waals surface area (Å²) in [5.41, 5.74) is 1.99. The van der Waals surface area contributed by atoms with Gasteiger partial charge in [0.15, 0.2) is 0 Å². The Kier molecular flexibility index (Phi) is 6.35. The summed E-state index contributed by atoms with van der Waals surface area (Å²) < 4.78 is 11.8. The van der Waals surface area contributed by atoms with Crippen molar-refractivity contribution < 1.29 is 14.3 Å². The van der Waals surface area contributed by atoms with Crippen LogP contribution in [0.5, 0.6) is 5.75 Å². The molecule has 0 aliphatic carbocycles. The fourth-order valence-corrected chi connectivity index (χ4v) is 3.00. The third kappa shape index (κ3) is 4.53. The molecule has 8 nitrogen and oxygen atoms in total. The van der Waals surface area contributed by atoms with Gasteiger partial charge in [-0.2, -0.15) is 0 Å². The zero-order chi connectivity index (χ0) is 20.1. The lowest BCUT2D eigenvalue weighted by atomic mass is 10.2. The van der Waals surface area contributed by atoms with Gasteiger partial charge in [0.25, 0.3) is 0 Å². The normalized spacial score (nSPS) is 10.7. The molecule has 0 bridgehead atoms. The average Bonchev–Trinajstić information content (AvgIpc) is 2.69. The van der Waals surface area contributed by atoms with Gasteiger partial charge in [-0.3, -0.25) is 0 Å². The third-order valence-electron chi connectivity index (χ3n) is 4.04. The number of aromatic nitrogens is 4. The summed E-state index contributed by atoms with van der Waals surface area (Å²) in [6, 6.07) is 3.86. The highest BCUT2D eigenvalue weighted by Crippen LogP contribution is 2.29. The van der Waals surface area contributed by atoms with Crippen molar-refractivity contribution in [3.8, 4) is 5.75 Å². The van der Waals surface area contributed by atoms with Crippen LogP contribution in [-0.4, -0.2) is 52.7 Å². The van der Waals surface area contributed by atoms with E-state index in [0.29, 0.717) is 37.0 Å². The second-order valence-corrected chi connectivity index (χ2v) is 6.94. The standard InChI is InChI=1S/C19H20BrN5O3/c1-4-27-18(26)13-9-21-19(22-10-13)25(3)5-6-28-16-8-14(20)7-15-12(2)23-11-24-17(15)16/h7-11H,4-6H2,1-3H3. The largest absolute Gasteiger partial charge is 0.489 e. The molecule has 0 N–H and O–H groups in total. The van der Waals surface area contributed by atoms with Crippen LogP contribution in [0.1, 0.15) is 23.0 Å². The maximum absolute atomic E-state index is 11.7. The highest BCUT2D eigenvalue weighted by molar-refractivity contribution is 9.10. The first-order valence-corrected chi connectivity index (χ1v) is 9.53. The zero-order valence-corrected chi connectivity index (χ0v) is 17.4. The molecule has 3 rings (SSSR count). The lowest BCUT2D eigenvalue weighted by molar-refractivity contribution is 0.0525. The van der Waals surface area contributed by atoms with Crippen LogP contribution in [0.4, 0.5) is 5.95 Å². The maximum atomic E-state index is 11.7. The summed E-state index contributed by atoms with van der Waals surface area (Å²) in [5, 5.41) is 0.943. The molecular weight excluding hydrogens is 426 g/mol. The molecular formula is C19H20BrN5O3. The molecule has 0 amide bonds. The molecule has 0 aliphatic rings. The summed E-state index contributed by atoms with van der Waals surface area (Å²) in [6.07, 6.45) is 4.45. The van der Waals surface area contributed by atoms with Gasteiger partial charge in [0.05, 0.1) is 18.7 Å². The molecule has 0 saturated carbocycles. The molecule has 9 heteroatoms. The van der Waals surface area contributed by atoms with Crippen LogP contribution >= 0.6 is 15.9 Å². The van der Waals surface area contributed by atoms with Crippen LogP contribution < -0.4 is 9.64 Å². The van der Waals surface area contributed by atoms with Gasteiger partial charge in [-0.15, -0.1) is 0 Å². The van der Waals surface area contributed by atoms with Crippen molar-refractivity contribution in [2.45, 2.75) is 13.8 Å². The van der Waals surface area contributed by atoms with E-state index in [9.17, 15) is 4.79 Å². The van der Waals surface area contributed by atoms with Gasteiger partial charge in [-0.1, -0.05) is 15.9 Å². The number of anilines is 1. The molecule has 2 aromatic heterocycles. The van der Waals surface area contributed by atoms with E-state index in [2.05, 4.69) is 35.9 Å². The molecule has 0 fully saturated rings. The van der Waals surface area contributed by atoms with Gasteiger partial charge in [0.1, 0.15) is 24.2 Å². The average molecular weight is 446 g/mol. The van der Waals surface area contributed by atoms with Crippen molar-refractivity contribution in [1.82, 2.24) is 19.9 Å². The number of likely N-dealkylation sites (N-methyl/N-ethyl adjacent to an activating group) is 1. The van der Waals surface area contributed by atoms with Gasteiger partial charge >= 0.3 is 5.97 Å². The monoisotopic (exact) mass is 445 g/mol. The van der Waals surface area contributed by atoms with Crippen molar-refractivity contribution in [1.29, 1.82) is 0 Å². The van der Waals surface area contributed by atoms with Gasteiger partial charge in [-0.05, 0) is 26.0 Å². The van der Waals surface area contributed by atoms with Crippen molar-refractivity contribution in [2.75, 3.05) is 31.7 Å². The quantitative estimate of drug-likeness (QED) is 0.512. The van der Waals surface area contributed by atoms with Crippen LogP contribution in [0.15, 0.2) is 35.3 Å². The van der Waals surface area contributed by atoms with E-state index in [1.807, 2.05) is 31.0 Å². The first kappa shape index (κ1) is 19.9. The Morgan fingerprint density at radius 1 is 1.18 bits per heavy atom. The van der Waals surface area contributed by atoms with Crippen LogP contribution in [0.25, 0.3) is 10.9 Å². The fourth-order valence-electron chi connectivity index (χ4n) is 2.57. The Bertz CT molecular complexity index is 981. The van der Waals surface area contributed by atoms with Crippen LogP contribution in [0.3, 0.4) is 0 Å². The number of ether oxygens (including phenoxy) is 2. The van der Waals surface area contributed by atoms with E-state index >= 15 is 0 Å². The Morgan fingerprint density at radius 3 is 2.64 bits per heavy atom. The SMILES string of the molecule is CCOC(=O)c1cnc(N(C)CCOc2cc(Br)cc3c(C)ncnc23)nc1. The number of nitrogens with zero attached hydrogens (tertiary/aromatic N) is 5. The third-order valence-corrected chi connectivity index (χ3v) is 4.50. The summed E-state index contributed by atoms with van der Waals surface area (Å²) >= 11 is 3.50. The Hall–Kier alpha value is -2.81. The minimum Gasteiger partial charge on any atom is -0.489 e. The lowest BCUT2D eigenvalue weighted by Crippen LogP contribution is -2.25. The molecule has 0 radical (unpaired) electrons. The molecule has 0 atom stereocenters. The van der Waals surface area contributed by atoms with Crippen LogP contribution in [0, 0.1) is 6.92 Å². The summed E-state index contributed by atoms with van der Waals surface area (Å²) in [5.74, 6) is 0.745. The van der Waals surface area contributed by atoms with E-state index in [-0.39, 0.29) is 0 Å². The predicted molar refractivity (Wildman–Crippen MR) is 109 cm³/mol. The van der Waals surface area contributed by atoms with E-state index in [1.165, 1.54) is 18.7 Å². The minimum atomic E-state index is -0.432. The van der Waals surface area contributed by atoms with Crippen molar-refractivity contribution in [3.05, 3.63) is 46.6 Å². The first-order valence-electron chi connectivity index (χ1n) is 8.73. The molecule has 28 heavy (non-hydrogen) atoms. The van der Waals surface area contributed by atoms with Crippen molar-refractivity contribution >= 4 is 38.8 Å². The number of rotatable bonds is 7. The molecule has 3 aromatic rings. The lowest BCUT2D eigenvalue weighted by Gasteiger charge is -2.18. The summed E-state index contributed by atoms with van der Waals surface area (Å²) in [4.78, 5) is 30.5. The van der Waals surface area contributed by atoms with E-state index in [1.54, 1.807) is 6.92 Å². The molecule has 1 aromatic carbocycles. The maximum Gasteiger partial charge on any atom is 0.341 e. The molecule has 0 aliphatic heterocycles. The molecule has 0 spiro atoms. The minimum absolute atomic E-state index is 0.312. The molecule has 0 saturated heterocycles. The van der Waals surface area contributed by atoms with Gasteiger partial charge in [-0.25, -0.2) is 24.7 Å². The zero-order valence-electron chi connectivity index (χ0n) is 15.8. The molecule has 2 heterocycles. The number of aryl methyl sites for hydroxylation is 1. The van der Waals surface area contributed by atoms with Gasteiger partial charge < -0.3 is 14.4 Å². The van der Waals surface area contributed by atoms with E-state index in [4.69, 9.17) is 9.47 Å². The van der Waals surface area contributed by atoms with Crippen LogP contribution in [0.2, 0.25) is 0 Å². The topological polar surface area (TPSA) is 90.3 Å². The van der Waals surface area contributed by atoms with E-state index in [0.717, 1.165) is 21.1 Å². The Morgan fingerprint density at radius 2 is 1.93 bits per heavy atom. The number of benzene rings is 1. The van der Waals surface area contributed by atoms with Gasteiger partial charge in [0, 0.05) is 35.0 Å². The highest BCUT2D eigenvalue weighted by Gasteiger charge is 2.12. The number of fused-ring (bicyclic) bond motifs is 1. The number of esters is 1. The molecule has 146 valence electrons. The number of hydrogen-bond donors (Lipinski definition) is 0. The number of carbonyl (C=O) groups excluding carboxylic acids is 1. The number of carbonyl (C=O) groups is 1. The van der Waals surface area contributed by atoms with Crippen molar-refractivity contribution in [3.63, 3.8) is 0 Å². The second-order valence-electron chi connectivity index (χ2n) is 6.02. The second kappa shape index (κ2) is 8.92. The van der Waals surface area contributed by atoms with E-state index < -0.39 is 5.97 Å². The number of hydrogen-bond acceptors (Lipinski definition) is 8. The summed E-state index contributed by atoms with van der Waals surface area (Å²) in [7, 11) is 1.86. The fraction of sp³-hybridized carbons (Fsp3) is 0.316. The predicted octanol–water partition coefficient (Wildman–Crippen LogP) is 3.18. The smallest absolute Gasteiger partial charge is 0.341 e. The number of halogens is 1. The Labute approximate surface area is 171 Å². The van der Waals surface area contributed by atoms with Gasteiger partial charge in [0.2, 0.25) is 5.95 Å². The molecule has 0 unspecified atom stereocenters. The Balaban J connectivity index is 1.64. The van der Waals surface area contributed by atoms with Crippen molar-refractivity contribution in [2.24, 2.45) is 0 Å². The highest BCUT2D eigenvalue weighted by atomic mass is 79.9. The summed E-state index contributed by atoms with van der Waals surface area (Å²) in [6.45, 7) is 4.96. The first-order chi connectivity index (χ1) is 13.5. The van der Waals surface area contributed by atoms with Crippen LogP contribution in [-0.2, 0) is 4.74 Å².